The summed E-state index contributed by atoms with van der Waals surface area (Å²) in [6.45, 7) is 2.76. The van der Waals surface area contributed by atoms with Crippen molar-refractivity contribution in [3.63, 3.8) is 0 Å². The van der Waals surface area contributed by atoms with Crippen LogP contribution in [0.5, 0.6) is 0 Å². The second-order valence-corrected chi connectivity index (χ2v) is 5.22. The van der Waals surface area contributed by atoms with Crippen molar-refractivity contribution < 1.29 is 4.79 Å². The molecule has 1 aromatic heterocycles. The summed E-state index contributed by atoms with van der Waals surface area (Å²) in [5.41, 5.74) is 0.760. The smallest absolute Gasteiger partial charge is 0.182 e. The Labute approximate surface area is 109 Å². The highest BCUT2D eigenvalue weighted by molar-refractivity contribution is 5.95. The van der Waals surface area contributed by atoms with Crippen molar-refractivity contribution in [3.05, 3.63) is 18.0 Å². The van der Waals surface area contributed by atoms with Gasteiger partial charge in [-0.3, -0.25) is 9.48 Å². The topological polar surface area (TPSA) is 46.9 Å². The molecule has 4 nitrogen and oxygen atoms in total. The molecule has 2 rings (SSSR count). The number of aryl methyl sites for hydroxylation is 1. The molecule has 0 amide bonds. The summed E-state index contributed by atoms with van der Waals surface area (Å²) in [7, 11) is 1.98. The van der Waals surface area contributed by atoms with Crippen molar-refractivity contribution in [2.45, 2.75) is 57.5 Å². The van der Waals surface area contributed by atoms with Gasteiger partial charge in [-0.25, -0.2) is 0 Å². The zero-order valence-electron chi connectivity index (χ0n) is 11.4. The fraction of sp³-hybridized carbons (Fsp3) is 0.714. The van der Waals surface area contributed by atoms with Gasteiger partial charge < -0.3 is 5.32 Å². The Bertz CT molecular complexity index is 405. The van der Waals surface area contributed by atoms with Gasteiger partial charge in [-0.05, 0) is 32.9 Å². The zero-order chi connectivity index (χ0) is 13.0. The fourth-order valence-electron chi connectivity index (χ4n) is 2.96. The van der Waals surface area contributed by atoms with E-state index in [4.69, 9.17) is 0 Å². The minimum atomic E-state index is 0.0121. The van der Waals surface area contributed by atoms with Crippen LogP contribution in [-0.4, -0.2) is 28.2 Å². The average molecular weight is 249 g/mol. The summed E-state index contributed by atoms with van der Waals surface area (Å²) in [6.07, 6.45) is 8.26. The lowest BCUT2D eigenvalue weighted by Crippen LogP contribution is -2.46. The van der Waals surface area contributed by atoms with E-state index < -0.39 is 0 Å². The first-order valence-electron chi connectivity index (χ1n) is 6.95. The lowest BCUT2D eigenvalue weighted by atomic mass is 9.78. The molecule has 1 heterocycles. The first kappa shape index (κ1) is 13.3. The van der Waals surface area contributed by atoms with E-state index in [9.17, 15) is 4.79 Å². The summed E-state index contributed by atoms with van der Waals surface area (Å²) >= 11 is 0. The number of nitrogens with zero attached hydrogens (tertiary/aromatic N) is 2. The summed E-state index contributed by atoms with van der Waals surface area (Å²) in [6, 6.07) is 1.83. The molecule has 1 saturated carbocycles. The van der Waals surface area contributed by atoms with Gasteiger partial charge in [-0.2, -0.15) is 5.10 Å². The van der Waals surface area contributed by atoms with Gasteiger partial charge in [0.05, 0.1) is 0 Å². The number of carbonyl (C=O) groups is 1. The molecular formula is C14H23N3O. The Kier molecular flexibility index (Phi) is 4.17. The van der Waals surface area contributed by atoms with E-state index in [2.05, 4.69) is 10.4 Å². The molecule has 0 unspecified atom stereocenters. The number of carbonyl (C=O) groups excluding carboxylic acids is 1. The molecule has 0 bridgehead atoms. The Morgan fingerprint density at radius 1 is 1.44 bits per heavy atom. The van der Waals surface area contributed by atoms with Gasteiger partial charge in [0.1, 0.15) is 5.69 Å². The molecule has 0 radical (unpaired) electrons. The van der Waals surface area contributed by atoms with E-state index in [1.807, 2.05) is 20.0 Å². The quantitative estimate of drug-likeness (QED) is 0.815. The van der Waals surface area contributed by atoms with Crippen LogP contribution in [0.1, 0.15) is 55.9 Å². The third-order valence-electron chi connectivity index (χ3n) is 4.14. The number of Topliss-reactive ketones (excluding diaryl/α,β-unsaturated/α-hetero) is 1. The minimum absolute atomic E-state index is 0.0121. The Morgan fingerprint density at radius 3 is 2.78 bits per heavy atom. The number of ketones is 1. The maximum Gasteiger partial charge on any atom is 0.182 e. The van der Waals surface area contributed by atoms with Crippen LogP contribution in [-0.2, 0) is 6.54 Å². The molecule has 1 aromatic rings. The summed E-state index contributed by atoms with van der Waals surface area (Å²) in [5, 5.41) is 7.57. The van der Waals surface area contributed by atoms with Crippen molar-refractivity contribution >= 4 is 5.78 Å². The zero-order valence-corrected chi connectivity index (χ0v) is 11.4. The molecule has 0 saturated heterocycles. The number of hydrogen-bond acceptors (Lipinski definition) is 3. The summed E-state index contributed by atoms with van der Waals surface area (Å²) < 4.78 is 1.79. The normalized spacial score (nSPS) is 18.8. The molecule has 1 fully saturated rings. The van der Waals surface area contributed by atoms with Crippen LogP contribution in [0.3, 0.4) is 0 Å². The van der Waals surface area contributed by atoms with Crippen molar-refractivity contribution in [2.75, 3.05) is 7.05 Å². The standard InChI is InChI=1S/C14H23N3O/c1-3-17-12(7-10-16-17)13(18)11-14(15-2)8-5-4-6-9-14/h7,10,15H,3-6,8-9,11H2,1-2H3. The van der Waals surface area contributed by atoms with Gasteiger partial charge in [0.15, 0.2) is 5.78 Å². The maximum atomic E-state index is 12.4. The lowest BCUT2D eigenvalue weighted by molar-refractivity contribution is 0.0904. The van der Waals surface area contributed by atoms with Gasteiger partial charge in [0.25, 0.3) is 0 Å². The molecule has 100 valence electrons. The SMILES string of the molecule is CCn1nccc1C(=O)CC1(NC)CCCCC1. The van der Waals surface area contributed by atoms with E-state index >= 15 is 0 Å². The predicted octanol–water partition coefficient (Wildman–Crippen LogP) is 2.40. The van der Waals surface area contributed by atoms with Crippen LogP contribution >= 0.6 is 0 Å². The van der Waals surface area contributed by atoms with Gasteiger partial charge in [-0.1, -0.05) is 19.3 Å². The number of nitrogens with one attached hydrogen (secondary N) is 1. The Balaban J connectivity index is 2.10. The van der Waals surface area contributed by atoms with E-state index in [-0.39, 0.29) is 11.3 Å². The summed E-state index contributed by atoms with van der Waals surface area (Å²) in [4.78, 5) is 12.4. The lowest BCUT2D eigenvalue weighted by Gasteiger charge is -2.36. The van der Waals surface area contributed by atoms with E-state index in [0.29, 0.717) is 6.42 Å². The highest BCUT2D eigenvalue weighted by Gasteiger charge is 2.33. The summed E-state index contributed by atoms with van der Waals surface area (Å²) in [5.74, 6) is 0.214. The average Bonchev–Trinajstić information content (AvgIpc) is 2.88. The number of aromatic nitrogens is 2. The molecule has 1 N–H and O–H groups in total. The van der Waals surface area contributed by atoms with Gasteiger partial charge in [0.2, 0.25) is 0 Å². The van der Waals surface area contributed by atoms with Crippen LogP contribution in [0.4, 0.5) is 0 Å². The Hall–Kier alpha value is -1.16. The monoisotopic (exact) mass is 249 g/mol. The number of rotatable bonds is 5. The number of hydrogen-bond donors (Lipinski definition) is 1. The third kappa shape index (κ3) is 2.64. The van der Waals surface area contributed by atoms with Gasteiger partial charge in [0, 0.05) is 24.7 Å². The van der Waals surface area contributed by atoms with Crippen LogP contribution in [0, 0.1) is 0 Å². The molecule has 0 spiro atoms. The van der Waals surface area contributed by atoms with E-state index in [1.54, 1.807) is 10.9 Å². The molecule has 1 aliphatic rings. The van der Waals surface area contributed by atoms with Crippen molar-refractivity contribution in [1.82, 2.24) is 15.1 Å². The van der Waals surface area contributed by atoms with Crippen LogP contribution in [0.15, 0.2) is 12.3 Å². The van der Waals surface area contributed by atoms with Crippen LogP contribution in [0.2, 0.25) is 0 Å². The molecule has 1 aliphatic carbocycles. The molecule has 0 aliphatic heterocycles. The maximum absolute atomic E-state index is 12.4. The fourth-order valence-corrected chi connectivity index (χ4v) is 2.96. The van der Waals surface area contributed by atoms with Crippen LogP contribution < -0.4 is 5.32 Å². The second kappa shape index (κ2) is 5.65. The van der Waals surface area contributed by atoms with Crippen LogP contribution in [0.25, 0.3) is 0 Å². The first-order valence-corrected chi connectivity index (χ1v) is 6.95. The molecule has 0 atom stereocenters. The molecule has 0 aromatic carbocycles. The molecule has 18 heavy (non-hydrogen) atoms. The predicted molar refractivity (Wildman–Crippen MR) is 71.7 cm³/mol. The minimum Gasteiger partial charge on any atom is -0.314 e. The van der Waals surface area contributed by atoms with Gasteiger partial charge in [-0.15, -0.1) is 0 Å². The van der Waals surface area contributed by atoms with Crippen molar-refractivity contribution in [1.29, 1.82) is 0 Å². The van der Waals surface area contributed by atoms with Crippen molar-refractivity contribution in [3.8, 4) is 0 Å². The molecule has 4 heteroatoms. The highest BCUT2D eigenvalue weighted by Crippen LogP contribution is 2.31. The second-order valence-electron chi connectivity index (χ2n) is 5.22. The van der Waals surface area contributed by atoms with Gasteiger partial charge >= 0.3 is 0 Å². The first-order chi connectivity index (χ1) is 8.71. The largest absolute Gasteiger partial charge is 0.314 e. The highest BCUT2D eigenvalue weighted by atomic mass is 16.1. The van der Waals surface area contributed by atoms with E-state index in [0.717, 1.165) is 25.1 Å². The Morgan fingerprint density at radius 2 is 2.17 bits per heavy atom. The van der Waals surface area contributed by atoms with Crippen molar-refractivity contribution in [2.24, 2.45) is 0 Å². The van der Waals surface area contributed by atoms with E-state index in [1.165, 1.54) is 19.3 Å². The molecular weight excluding hydrogens is 226 g/mol. The third-order valence-corrected chi connectivity index (χ3v) is 4.14.